The lowest BCUT2D eigenvalue weighted by molar-refractivity contribution is -0.141. The second-order valence-corrected chi connectivity index (χ2v) is 5.87. The fourth-order valence-electron chi connectivity index (χ4n) is 2.60. The summed E-state index contributed by atoms with van der Waals surface area (Å²) < 4.78 is 54.3. The van der Waals surface area contributed by atoms with Crippen LogP contribution in [0.5, 0.6) is 0 Å². The minimum atomic E-state index is -4.83. The van der Waals surface area contributed by atoms with Crippen molar-refractivity contribution >= 4 is 11.6 Å². The number of aliphatic hydroxyl groups excluding tert-OH is 1. The second-order valence-electron chi connectivity index (χ2n) is 5.87. The van der Waals surface area contributed by atoms with Crippen LogP contribution in [-0.4, -0.2) is 20.8 Å². The van der Waals surface area contributed by atoms with Crippen molar-refractivity contribution in [2.24, 2.45) is 0 Å². The number of carbonyl (C=O) groups excluding carboxylic acids is 1. The number of anilines is 1. The highest BCUT2D eigenvalue weighted by Crippen LogP contribution is 2.30. The van der Waals surface area contributed by atoms with Gasteiger partial charge in [-0.2, -0.15) is 23.5 Å². The van der Waals surface area contributed by atoms with Crippen molar-refractivity contribution in [1.29, 1.82) is 5.26 Å². The van der Waals surface area contributed by atoms with Crippen LogP contribution in [0, 0.1) is 17.1 Å². The number of halogens is 4. The van der Waals surface area contributed by atoms with Crippen LogP contribution in [0.15, 0.2) is 48.5 Å². The van der Waals surface area contributed by atoms with Crippen LogP contribution in [0.2, 0.25) is 0 Å². The number of carbonyl (C=O) groups is 1. The standard InChI is InChI=1S/C19H12F4N4O2/c20-14-6-2-4-12(10-28)17(14)25-18(29)15-8-16(19(21,22)23)26-27(15)13-5-1-3-11(7-13)9-24/h1-8,28H,10H2,(H,25,29). The van der Waals surface area contributed by atoms with Gasteiger partial charge in [0.25, 0.3) is 5.91 Å². The van der Waals surface area contributed by atoms with Gasteiger partial charge < -0.3 is 10.4 Å². The first-order valence-corrected chi connectivity index (χ1v) is 8.12. The predicted molar refractivity (Wildman–Crippen MR) is 93.6 cm³/mol. The monoisotopic (exact) mass is 404 g/mol. The van der Waals surface area contributed by atoms with E-state index in [1.807, 2.05) is 6.07 Å². The molecule has 0 spiro atoms. The maximum Gasteiger partial charge on any atom is 0.435 e. The van der Waals surface area contributed by atoms with Gasteiger partial charge in [0.2, 0.25) is 0 Å². The van der Waals surface area contributed by atoms with Crippen molar-refractivity contribution in [3.8, 4) is 11.8 Å². The van der Waals surface area contributed by atoms with E-state index >= 15 is 0 Å². The highest BCUT2D eigenvalue weighted by atomic mass is 19.4. The van der Waals surface area contributed by atoms with Crippen molar-refractivity contribution < 1.29 is 27.5 Å². The van der Waals surface area contributed by atoms with Gasteiger partial charge in [-0.15, -0.1) is 0 Å². The molecule has 3 rings (SSSR count). The number of nitrogens with zero attached hydrogens (tertiary/aromatic N) is 3. The van der Waals surface area contributed by atoms with Crippen molar-refractivity contribution in [2.75, 3.05) is 5.32 Å². The molecule has 1 heterocycles. The molecule has 1 aromatic heterocycles. The van der Waals surface area contributed by atoms with E-state index in [1.54, 1.807) is 0 Å². The zero-order valence-electron chi connectivity index (χ0n) is 14.5. The van der Waals surface area contributed by atoms with E-state index in [-0.39, 0.29) is 22.5 Å². The third-order valence-corrected chi connectivity index (χ3v) is 3.96. The average Bonchev–Trinajstić information content (AvgIpc) is 3.15. The molecule has 0 atom stereocenters. The summed E-state index contributed by atoms with van der Waals surface area (Å²) in [5.74, 6) is -1.94. The summed E-state index contributed by atoms with van der Waals surface area (Å²) in [4.78, 5) is 12.7. The molecule has 0 aliphatic carbocycles. The number of nitrogens with one attached hydrogen (secondary N) is 1. The molecular formula is C19H12F4N4O2. The van der Waals surface area contributed by atoms with Gasteiger partial charge >= 0.3 is 6.18 Å². The number of hydrogen-bond donors (Lipinski definition) is 2. The number of hydrogen-bond acceptors (Lipinski definition) is 4. The van der Waals surface area contributed by atoms with Crippen LogP contribution in [-0.2, 0) is 12.8 Å². The lowest BCUT2D eigenvalue weighted by Gasteiger charge is -2.12. The number of amides is 1. The van der Waals surface area contributed by atoms with Gasteiger partial charge in [0.15, 0.2) is 5.69 Å². The highest BCUT2D eigenvalue weighted by molar-refractivity contribution is 6.04. The Morgan fingerprint density at radius 1 is 1.21 bits per heavy atom. The number of aromatic nitrogens is 2. The topological polar surface area (TPSA) is 90.9 Å². The molecule has 148 valence electrons. The van der Waals surface area contributed by atoms with Gasteiger partial charge in [0.1, 0.15) is 11.5 Å². The van der Waals surface area contributed by atoms with Crippen LogP contribution in [0.25, 0.3) is 5.69 Å². The van der Waals surface area contributed by atoms with Crippen LogP contribution in [0.4, 0.5) is 23.2 Å². The van der Waals surface area contributed by atoms with Crippen molar-refractivity contribution in [3.05, 3.63) is 76.9 Å². The molecule has 0 bridgehead atoms. The van der Waals surface area contributed by atoms with E-state index in [4.69, 9.17) is 5.26 Å². The Balaban J connectivity index is 2.10. The molecule has 2 aromatic carbocycles. The molecule has 0 aliphatic rings. The zero-order valence-corrected chi connectivity index (χ0v) is 14.5. The molecule has 3 aromatic rings. The first-order chi connectivity index (χ1) is 13.7. The van der Waals surface area contributed by atoms with Crippen LogP contribution >= 0.6 is 0 Å². The van der Waals surface area contributed by atoms with E-state index in [1.165, 1.54) is 36.4 Å². The summed E-state index contributed by atoms with van der Waals surface area (Å²) in [5, 5.41) is 23.9. The third kappa shape index (κ3) is 4.09. The normalized spacial score (nSPS) is 11.2. The second kappa shape index (κ2) is 7.73. The minimum absolute atomic E-state index is 0.0422. The van der Waals surface area contributed by atoms with Gasteiger partial charge in [-0.1, -0.05) is 18.2 Å². The van der Waals surface area contributed by atoms with Gasteiger partial charge in [0, 0.05) is 11.6 Å². The fraction of sp³-hybridized carbons (Fsp3) is 0.105. The summed E-state index contributed by atoms with van der Waals surface area (Å²) in [6.45, 7) is -0.593. The maximum atomic E-state index is 14.1. The Morgan fingerprint density at radius 2 is 1.93 bits per heavy atom. The Labute approximate surface area is 161 Å². The molecule has 6 nitrogen and oxygen atoms in total. The lowest BCUT2D eigenvalue weighted by atomic mass is 10.1. The first kappa shape index (κ1) is 20.0. The Morgan fingerprint density at radius 3 is 2.59 bits per heavy atom. The molecule has 0 fully saturated rings. The molecule has 29 heavy (non-hydrogen) atoms. The van der Waals surface area contributed by atoms with Crippen LogP contribution in [0.1, 0.15) is 27.3 Å². The fourth-order valence-corrected chi connectivity index (χ4v) is 2.60. The van der Waals surface area contributed by atoms with Crippen molar-refractivity contribution in [3.63, 3.8) is 0 Å². The minimum Gasteiger partial charge on any atom is -0.392 e. The molecule has 0 saturated carbocycles. The van der Waals surface area contributed by atoms with Crippen LogP contribution < -0.4 is 5.32 Å². The number of nitriles is 1. The van der Waals surface area contributed by atoms with Gasteiger partial charge in [-0.25, -0.2) is 9.07 Å². The number of alkyl halides is 3. The SMILES string of the molecule is N#Cc1cccc(-n2nc(C(F)(F)F)cc2C(=O)Nc2c(F)cccc2CO)c1. The summed E-state index contributed by atoms with van der Waals surface area (Å²) in [6, 6.07) is 11.5. The smallest absolute Gasteiger partial charge is 0.392 e. The average molecular weight is 404 g/mol. The predicted octanol–water partition coefficient (Wildman–Crippen LogP) is 3.65. The maximum absolute atomic E-state index is 14.1. The van der Waals surface area contributed by atoms with Gasteiger partial charge in [-0.05, 0) is 24.3 Å². The van der Waals surface area contributed by atoms with E-state index in [2.05, 4.69) is 10.4 Å². The van der Waals surface area contributed by atoms with E-state index in [0.29, 0.717) is 6.07 Å². The molecule has 2 N–H and O–H groups in total. The number of benzene rings is 2. The highest BCUT2D eigenvalue weighted by Gasteiger charge is 2.36. The molecule has 0 saturated heterocycles. The van der Waals surface area contributed by atoms with Gasteiger partial charge in [-0.3, -0.25) is 4.79 Å². The zero-order chi connectivity index (χ0) is 21.2. The van der Waals surface area contributed by atoms with Crippen molar-refractivity contribution in [2.45, 2.75) is 12.8 Å². The van der Waals surface area contributed by atoms with E-state index in [9.17, 15) is 27.5 Å². The summed E-state index contributed by atoms with van der Waals surface area (Å²) in [6.07, 6.45) is -4.83. The Hall–Kier alpha value is -3.71. The first-order valence-electron chi connectivity index (χ1n) is 8.12. The third-order valence-electron chi connectivity index (χ3n) is 3.96. The molecule has 10 heteroatoms. The Bertz CT molecular complexity index is 1120. The molecule has 0 unspecified atom stereocenters. The van der Waals surface area contributed by atoms with E-state index < -0.39 is 35.9 Å². The quantitative estimate of drug-likeness (QED) is 0.650. The number of aliphatic hydroxyl groups is 1. The largest absolute Gasteiger partial charge is 0.435 e. The van der Waals surface area contributed by atoms with E-state index in [0.717, 1.165) is 10.7 Å². The van der Waals surface area contributed by atoms with Crippen LogP contribution in [0.3, 0.4) is 0 Å². The molecule has 1 amide bonds. The van der Waals surface area contributed by atoms with Crippen molar-refractivity contribution in [1.82, 2.24) is 9.78 Å². The van der Waals surface area contributed by atoms with Gasteiger partial charge in [0.05, 0.1) is 29.6 Å². The summed E-state index contributed by atoms with van der Waals surface area (Å²) in [7, 11) is 0. The molecule has 0 aliphatic heterocycles. The summed E-state index contributed by atoms with van der Waals surface area (Å²) >= 11 is 0. The number of rotatable bonds is 4. The summed E-state index contributed by atoms with van der Waals surface area (Å²) in [5.41, 5.74) is -1.98. The molecule has 0 radical (unpaired) electrons. The molecular weight excluding hydrogens is 392 g/mol. The lowest BCUT2D eigenvalue weighted by Crippen LogP contribution is -2.18. The Kier molecular flexibility index (Phi) is 5.34. The number of para-hydroxylation sites is 1.